The van der Waals surface area contributed by atoms with Gasteiger partial charge in [-0.05, 0) is 6.92 Å². The van der Waals surface area contributed by atoms with Crippen molar-refractivity contribution in [2.24, 2.45) is 0 Å². The fourth-order valence-electron chi connectivity index (χ4n) is 0.900. The molecule has 2 heterocycles. The summed E-state index contributed by atoms with van der Waals surface area (Å²) in [6.45, 7) is 1.64. The highest BCUT2D eigenvalue weighted by Crippen LogP contribution is 2.09. The largest absolute Gasteiger partial charge is 0.372 e. The van der Waals surface area contributed by atoms with Gasteiger partial charge in [0.2, 0.25) is 0 Å². The molecule has 0 fully saturated rings. The molecule has 0 N–H and O–H groups in total. The summed E-state index contributed by atoms with van der Waals surface area (Å²) in [4.78, 5) is 11.6. The third-order valence-electron chi connectivity index (χ3n) is 1.64. The van der Waals surface area contributed by atoms with E-state index in [-0.39, 0.29) is 5.15 Å². The molecule has 2 aromatic rings. The molecule has 0 atom stereocenters. The van der Waals surface area contributed by atoms with Gasteiger partial charge in [0.15, 0.2) is 5.15 Å². The molecule has 0 bridgehead atoms. The van der Waals surface area contributed by atoms with Gasteiger partial charge in [0.25, 0.3) is 0 Å². The second-order valence-corrected chi connectivity index (χ2v) is 2.87. The number of hydrogen-bond donors (Lipinski definition) is 0. The molecule has 0 unspecified atom stereocenters. The van der Waals surface area contributed by atoms with Crippen LogP contribution in [0.4, 0.5) is 4.79 Å². The van der Waals surface area contributed by atoms with Gasteiger partial charge in [-0.2, -0.15) is 9.36 Å². The van der Waals surface area contributed by atoms with Crippen LogP contribution in [0.15, 0.2) is 12.4 Å². The predicted molar refractivity (Wildman–Crippen MR) is 46.0 cm³/mol. The lowest BCUT2D eigenvalue weighted by atomic mass is 10.5. The highest BCUT2D eigenvalue weighted by Gasteiger charge is 2.15. The Bertz CT molecular complexity index is 461. The van der Waals surface area contributed by atoms with E-state index in [1.807, 2.05) is 0 Å². The van der Waals surface area contributed by atoms with E-state index >= 15 is 0 Å². The lowest BCUT2D eigenvalue weighted by molar-refractivity contribution is 0.236. The Morgan fingerprint density at radius 1 is 1.50 bits per heavy atom. The first kappa shape index (κ1) is 8.82. The molecule has 0 spiro atoms. The second kappa shape index (κ2) is 3.18. The first-order chi connectivity index (χ1) is 6.70. The van der Waals surface area contributed by atoms with E-state index in [2.05, 4.69) is 20.6 Å². The molecular formula is C6H5ClN6O. The van der Waals surface area contributed by atoms with E-state index in [9.17, 15) is 4.79 Å². The van der Waals surface area contributed by atoms with E-state index in [4.69, 9.17) is 11.6 Å². The van der Waals surface area contributed by atoms with Gasteiger partial charge in [0, 0.05) is 0 Å². The zero-order chi connectivity index (χ0) is 10.1. The fraction of sp³-hybridized carbons (Fsp3) is 0.167. The smallest absolute Gasteiger partial charge is 0.243 e. The first-order valence-corrected chi connectivity index (χ1v) is 4.07. The van der Waals surface area contributed by atoms with E-state index in [0.29, 0.717) is 5.69 Å². The Balaban J connectivity index is 2.42. The van der Waals surface area contributed by atoms with Crippen LogP contribution in [0.5, 0.6) is 0 Å². The molecule has 8 heteroatoms. The number of aromatic nitrogens is 6. The highest BCUT2D eigenvalue weighted by molar-refractivity contribution is 6.30. The van der Waals surface area contributed by atoms with E-state index < -0.39 is 6.03 Å². The fourth-order valence-corrected chi connectivity index (χ4v) is 1.01. The summed E-state index contributed by atoms with van der Waals surface area (Å²) in [6, 6.07) is -0.473. The van der Waals surface area contributed by atoms with Crippen molar-refractivity contribution in [2.75, 3.05) is 0 Å². The molecule has 0 aliphatic heterocycles. The lowest BCUT2D eigenvalue weighted by Gasteiger charge is -1.98. The Hall–Kier alpha value is -1.76. The molecular weight excluding hydrogens is 208 g/mol. The number of carbonyl (C=O) groups excluding carboxylic acids is 1. The minimum atomic E-state index is -0.473. The number of rotatable bonds is 0. The van der Waals surface area contributed by atoms with Crippen molar-refractivity contribution in [1.29, 1.82) is 0 Å². The van der Waals surface area contributed by atoms with Crippen LogP contribution in [0.1, 0.15) is 5.69 Å². The molecule has 72 valence electrons. The molecule has 0 radical (unpaired) electrons. The Morgan fingerprint density at radius 3 is 2.79 bits per heavy atom. The standard InChI is InChI=1S/C6H5ClN6O/c1-4-5(7)9-11-13(4)6(14)12-3-2-8-10-12/h2-3H,1H3. The zero-order valence-electron chi connectivity index (χ0n) is 7.12. The summed E-state index contributed by atoms with van der Waals surface area (Å²) in [6.07, 6.45) is 2.81. The van der Waals surface area contributed by atoms with Crippen molar-refractivity contribution in [3.8, 4) is 0 Å². The van der Waals surface area contributed by atoms with Gasteiger partial charge in [0.1, 0.15) is 0 Å². The first-order valence-electron chi connectivity index (χ1n) is 3.69. The monoisotopic (exact) mass is 212 g/mol. The summed E-state index contributed by atoms with van der Waals surface area (Å²) in [5.74, 6) is 0. The minimum Gasteiger partial charge on any atom is -0.243 e. The Labute approximate surface area is 83.3 Å². The van der Waals surface area contributed by atoms with Gasteiger partial charge >= 0.3 is 6.03 Å². The summed E-state index contributed by atoms with van der Waals surface area (Å²) in [5, 5.41) is 14.3. The third-order valence-corrected chi connectivity index (χ3v) is 1.99. The van der Waals surface area contributed by atoms with Crippen molar-refractivity contribution >= 4 is 17.6 Å². The third kappa shape index (κ3) is 1.27. The molecule has 0 amide bonds. The molecule has 14 heavy (non-hydrogen) atoms. The quantitative estimate of drug-likeness (QED) is 0.630. The highest BCUT2D eigenvalue weighted by atomic mass is 35.5. The van der Waals surface area contributed by atoms with Crippen molar-refractivity contribution < 1.29 is 4.79 Å². The average Bonchev–Trinajstić information content (AvgIpc) is 2.77. The maximum Gasteiger partial charge on any atom is 0.372 e. The Kier molecular flexibility index (Phi) is 2.01. The van der Waals surface area contributed by atoms with E-state index in [1.165, 1.54) is 12.4 Å². The predicted octanol–water partition coefficient (Wildman–Crippen LogP) is 0.348. The van der Waals surface area contributed by atoms with E-state index in [0.717, 1.165) is 9.36 Å². The summed E-state index contributed by atoms with van der Waals surface area (Å²) < 4.78 is 2.09. The molecule has 0 aliphatic rings. The van der Waals surface area contributed by atoms with Crippen LogP contribution in [0.2, 0.25) is 5.15 Å². The van der Waals surface area contributed by atoms with Crippen molar-refractivity contribution in [3.05, 3.63) is 23.2 Å². The van der Waals surface area contributed by atoms with Crippen LogP contribution in [0.25, 0.3) is 0 Å². The van der Waals surface area contributed by atoms with Gasteiger partial charge in [0.05, 0.1) is 18.1 Å². The van der Waals surface area contributed by atoms with Gasteiger partial charge in [-0.1, -0.05) is 22.0 Å². The zero-order valence-corrected chi connectivity index (χ0v) is 7.88. The normalized spacial score (nSPS) is 10.4. The number of halogens is 1. The van der Waals surface area contributed by atoms with Gasteiger partial charge in [-0.3, -0.25) is 0 Å². The maximum absolute atomic E-state index is 11.6. The molecule has 2 rings (SSSR count). The van der Waals surface area contributed by atoms with Crippen LogP contribution >= 0.6 is 11.6 Å². The van der Waals surface area contributed by atoms with Crippen molar-refractivity contribution in [3.63, 3.8) is 0 Å². The molecule has 0 aliphatic carbocycles. The number of hydrogen-bond acceptors (Lipinski definition) is 5. The van der Waals surface area contributed by atoms with Crippen LogP contribution < -0.4 is 0 Å². The van der Waals surface area contributed by atoms with Crippen LogP contribution in [0.3, 0.4) is 0 Å². The maximum atomic E-state index is 11.6. The SMILES string of the molecule is Cc1c(Cl)nnn1C(=O)n1ccnn1. The van der Waals surface area contributed by atoms with Gasteiger partial charge in [-0.15, -0.1) is 10.2 Å². The summed E-state index contributed by atoms with van der Waals surface area (Å²) >= 11 is 5.64. The summed E-state index contributed by atoms with van der Waals surface area (Å²) in [7, 11) is 0. The molecule has 2 aromatic heterocycles. The molecule has 0 saturated heterocycles. The minimum absolute atomic E-state index is 0.193. The lowest BCUT2D eigenvalue weighted by Crippen LogP contribution is -2.22. The van der Waals surface area contributed by atoms with Gasteiger partial charge in [-0.25, -0.2) is 4.79 Å². The van der Waals surface area contributed by atoms with Crippen LogP contribution in [-0.2, 0) is 0 Å². The topological polar surface area (TPSA) is 78.5 Å². The van der Waals surface area contributed by atoms with Crippen LogP contribution in [-0.4, -0.2) is 36.0 Å². The average molecular weight is 213 g/mol. The van der Waals surface area contributed by atoms with E-state index in [1.54, 1.807) is 6.92 Å². The molecule has 0 saturated carbocycles. The van der Waals surface area contributed by atoms with Crippen molar-refractivity contribution in [2.45, 2.75) is 6.92 Å². The number of nitrogens with zero attached hydrogens (tertiary/aromatic N) is 6. The Morgan fingerprint density at radius 2 is 2.29 bits per heavy atom. The van der Waals surface area contributed by atoms with Crippen LogP contribution in [0, 0.1) is 6.92 Å². The molecule has 7 nitrogen and oxygen atoms in total. The second-order valence-electron chi connectivity index (χ2n) is 2.51. The number of carbonyl (C=O) groups is 1. The van der Waals surface area contributed by atoms with Crippen molar-refractivity contribution in [1.82, 2.24) is 30.0 Å². The summed E-state index contributed by atoms with van der Waals surface area (Å²) in [5.41, 5.74) is 0.465. The molecule has 0 aromatic carbocycles. The van der Waals surface area contributed by atoms with Gasteiger partial charge < -0.3 is 0 Å².